The van der Waals surface area contributed by atoms with Crippen LogP contribution >= 0.6 is 11.6 Å². The second kappa shape index (κ2) is 6.07. The van der Waals surface area contributed by atoms with Crippen LogP contribution in [0.5, 0.6) is 0 Å². The van der Waals surface area contributed by atoms with Crippen LogP contribution in [0.1, 0.15) is 30.0 Å². The summed E-state index contributed by atoms with van der Waals surface area (Å²) in [7, 11) is 1.65. The molecule has 0 aliphatic rings. The Hall–Kier alpha value is -1.53. The summed E-state index contributed by atoms with van der Waals surface area (Å²) in [6.45, 7) is 1.88. The van der Waals surface area contributed by atoms with Crippen molar-refractivity contribution in [2.24, 2.45) is 7.05 Å². The van der Waals surface area contributed by atoms with Crippen LogP contribution in [0.25, 0.3) is 0 Å². The van der Waals surface area contributed by atoms with Gasteiger partial charge in [0.15, 0.2) is 11.6 Å². The molecule has 1 unspecified atom stereocenters. The number of nitrogens with zero attached hydrogens (tertiary/aromatic N) is 2. The van der Waals surface area contributed by atoms with Gasteiger partial charge in [-0.05, 0) is 12.5 Å². The lowest BCUT2D eigenvalue weighted by atomic mass is 10.0. The number of benzene rings is 1. The zero-order valence-corrected chi connectivity index (χ0v) is 12.3. The molecule has 21 heavy (non-hydrogen) atoms. The van der Waals surface area contributed by atoms with Gasteiger partial charge in [-0.25, -0.2) is 13.2 Å². The Morgan fingerprint density at radius 1 is 1.24 bits per heavy atom. The molecule has 7 heteroatoms. The highest BCUT2D eigenvalue weighted by Crippen LogP contribution is 2.28. The molecule has 1 heterocycles. The molecule has 114 valence electrons. The Bertz CT molecular complexity index is 673. The van der Waals surface area contributed by atoms with Crippen molar-refractivity contribution in [2.45, 2.75) is 25.9 Å². The van der Waals surface area contributed by atoms with E-state index in [0.29, 0.717) is 35.0 Å². The van der Waals surface area contributed by atoms with Crippen LogP contribution < -0.4 is 0 Å². The van der Waals surface area contributed by atoms with Gasteiger partial charge in [0.25, 0.3) is 0 Å². The molecular formula is C14H14ClF3N2O. The minimum Gasteiger partial charge on any atom is -0.388 e. The number of aliphatic hydroxyl groups is 1. The van der Waals surface area contributed by atoms with E-state index >= 15 is 0 Å². The molecule has 2 aromatic rings. The lowest BCUT2D eigenvalue weighted by molar-refractivity contribution is 0.170. The van der Waals surface area contributed by atoms with Crippen molar-refractivity contribution in [1.82, 2.24) is 9.78 Å². The number of aromatic nitrogens is 2. The van der Waals surface area contributed by atoms with Crippen molar-refractivity contribution >= 4 is 11.6 Å². The van der Waals surface area contributed by atoms with Gasteiger partial charge in [-0.2, -0.15) is 5.10 Å². The fourth-order valence-corrected chi connectivity index (χ4v) is 2.50. The van der Waals surface area contributed by atoms with Gasteiger partial charge in [-0.1, -0.05) is 18.5 Å². The summed E-state index contributed by atoms with van der Waals surface area (Å²) >= 11 is 6.14. The van der Waals surface area contributed by atoms with Crippen molar-refractivity contribution in [3.8, 4) is 0 Å². The molecule has 0 saturated carbocycles. The molecular weight excluding hydrogens is 305 g/mol. The first kappa shape index (κ1) is 15.9. The third-order valence-electron chi connectivity index (χ3n) is 3.29. The van der Waals surface area contributed by atoms with Gasteiger partial charge in [-0.15, -0.1) is 0 Å². The number of rotatable bonds is 4. The molecule has 0 spiro atoms. The number of aryl methyl sites for hydroxylation is 2. The van der Waals surface area contributed by atoms with E-state index in [2.05, 4.69) is 5.10 Å². The van der Waals surface area contributed by atoms with Crippen LogP contribution in [0.15, 0.2) is 12.1 Å². The molecule has 0 saturated heterocycles. The Labute approximate surface area is 125 Å². The molecule has 1 aromatic carbocycles. The normalized spacial score (nSPS) is 12.7. The van der Waals surface area contributed by atoms with Crippen molar-refractivity contribution in [2.75, 3.05) is 0 Å². The second-order valence-electron chi connectivity index (χ2n) is 4.69. The third kappa shape index (κ3) is 3.06. The largest absolute Gasteiger partial charge is 0.388 e. The van der Waals surface area contributed by atoms with E-state index in [4.69, 9.17) is 11.6 Å². The lowest BCUT2D eigenvalue weighted by Gasteiger charge is -2.13. The van der Waals surface area contributed by atoms with Crippen LogP contribution in [0.2, 0.25) is 5.02 Å². The van der Waals surface area contributed by atoms with Crippen molar-refractivity contribution < 1.29 is 18.3 Å². The molecule has 1 N–H and O–H groups in total. The standard InChI is InChI=1S/C14H14ClF3N2O/c1-3-11-14(15)12(20(2)19-11)6-13(21)7-4-9(17)10(18)5-8(7)16/h4-5,13,21H,3,6H2,1-2H3. The summed E-state index contributed by atoms with van der Waals surface area (Å²) < 4.78 is 41.2. The van der Waals surface area contributed by atoms with Crippen LogP contribution in [0, 0.1) is 17.5 Å². The molecule has 2 rings (SSSR count). The smallest absolute Gasteiger partial charge is 0.161 e. The van der Waals surface area contributed by atoms with Crippen molar-refractivity contribution in [1.29, 1.82) is 0 Å². The van der Waals surface area contributed by atoms with Crippen molar-refractivity contribution in [3.05, 3.63) is 51.6 Å². The lowest BCUT2D eigenvalue weighted by Crippen LogP contribution is -2.09. The van der Waals surface area contributed by atoms with Crippen LogP contribution in [-0.4, -0.2) is 14.9 Å². The first-order chi connectivity index (χ1) is 9.85. The highest BCUT2D eigenvalue weighted by Gasteiger charge is 2.21. The molecule has 3 nitrogen and oxygen atoms in total. The fourth-order valence-electron chi connectivity index (χ4n) is 2.13. The first-order valence-corrected chi connectivity index (χ1v) is 6.75. The summed E-state index contributed by atoms with van der Waals surface area (Å²) in [6.07, 6.45) is -0.787. The first-order valence-electron chi connectivity index (χ1n) is 6.37. The van der Waals surface area contributed by atoms with E-state index in [-0.39, 0.29) is 12.0 Å². The topological polar surface area (TPSA) is 38.0 Å². The zero-order valence-electron chi connectivity index (χ0n) is 11.5. The molecule has 0 fully saturated rings. The van der Waals surface area contributed by atoms with E-state index in [0.717, 1.165) is 0 Å². The molecule has 1 aromatic heterocycles. The van der Waals surface area contributed by atoms with E-state index in [1.54, 1.807) is 7.05 Å². The van der Waals surface area contributed by atoms with Gasteiger partial charge >= 0.3 is 0 Å². The average Bonchev–Trinajstić information content (AvgIpc) is 2.70. The summed E-state index contributed by atoms with van der Waals surface area (Å²) in [4.78, 5) is 0. The van der Waals surface area contributed by atoms with E-state index < -0.39 is 23.6 Å². The maximum atomic E-state index is 13.6. The second-order valence-corrected chi connectivity index (χ2v) is 5.07. The van der Waals surface area contributed by atoms with Crippen LogP contribution in [-0.2, 0) is 19.9 Å². The quantitative estimate of drug-likeness (QED) is 0.878. The van der Waals surface area contributed by atoms with Gasteiger partial charge in [0.1, 0.15) is 5.82 Å². The summed E-state index contributed by atoms with van der Waals surface area (Å²) in [5.74, 6) is -3.51. The Balaban J connectivity index is 2.32. The average molecular weight is 319 g/mol. The minimum atomic E-state index is -1.35. The van der Waals surface area contributed by atoms with Crippen molar-refractivity contribution in [3.63, 3.8) is 0 Å². The molecule has 0 bridgehead atoms. The Kier molecular flexibility index (Phi) is 4.58. The molecule has 0 aliphatic heterocycles. The number of aliphatic hydroxyl groups excluding tert-OH is 1. The van der Waals surface area contributed by atoms with Crippen LogP contribution in [0.3, 0.4) is 0 Å². The van der Waals surface area contributed by atoms with Gasteiger partial charge in [-0.3, -0.25) is 4.68 Å². The fraction of sp³-hybridized carbons (Fsp3) is 0.357. The van der Waals surface area contributed by atoms with E-state index in [9.17, 15) is 18.3 Å². The van der Waals surface area contributed by atoms with Gasteiger partial charge in [0.05, 0.1) is 22.5 Å². The predicted molar refractivity (Wildman–Crippen MR) is 72.6 cm³/mol. The minimum absolute atomic E-state index is 0.0513. The maximum Gasteiger partial charge on any atom is 0.161 e. The highest BCUT2D eigenvalue weighted by atomic mass is 35.5. The highest BCUT2D eigenvalue weighted by molar-refractivity contribution is 6.31. The monoisotopic (exact) mass is 318 g/mol. The zero-order chi connectivity index (χ0) is 15.7. The Morgan fingerprint density at radius 3 is 2.43 bits per heavy atom. The molecule has 0 aliphatic carbocycles. The SMILES string of the molecule is CCc1nn(C)c(CC(O)c2cc(F)c(F)cc2F)c1Cl. The summed E-state index contributed by atoms with van der Waals surface area (Å²) in [5.41, 5.74) is 0.849. The third-order valence-corrected chi connectivity index (χ3v) is 3.72. The summed E-state index contributed by atoms with van der Waals surface area (Å²) in [6, 6.07) is 1.07. The number of halogens is 4. The predicted octanol–water partition coefficient (Wildman–Crippen LogP) is 3.33. The van der Waals surface area contributed by atoms with Crippen LogP contribution in [0.4, 0.5) is 13.2 Å². The van der Waals surface area contributed by atoms with Gasteiger partial charge in [0, 0.05) is 25.1 Å². The van der Waals surface area contributed by atoms with Gasteiger partial charge < -0.3 is 5.11 Å². The van der Waals surface area contributed by atoms with E-state index in [1.807, 2.05) is 6.92 Å². The van der Waals surface area contributed by atoms with E-state index in [1.165, 1.54) is 4.68 Å². The maximum absolute atomic E-state index is 13.6. The Morgan fingerprint density at radius 2 is 1.86 bits per heavy atom. The number of hydrogen-bond donors (Lipinski definition) is 1. The summed E-state index contributed by atoms with van der Waals surface area (Å²) in [5, 5.41) is 14.6. The number of hydrogen-bond acceptors (Lipinski definition) is 2. The molecule has 0 amide bonds. The van der Waals surface area contributed by atoms with Gasteiger partial charge in [0.2, 0.25) is 0 Å². The molecule has 0 radical (unpaired) electrons. The molecule has 1 atom stereocenters.